The van der Waals surface area contributed by atoms with Gasteiger partial charge in [-0.2, -0.15) is 5.01 Å². The Morgan fingerprint density at radius 1 is 1.21 bits per heavy atom. The van der Waals surface area contributed by atoms with Crippen molar-refractivity contribution in [1.29, 1.82) is 0 Å². The highest BCUT2D eigenvalue weighted by atomic mass is 16.5. The van der Waals surface area contributed by atoms with Crippen molar-refractivity contribution in [2.24, 2.45) is 0 Å². The van der Waals surface area contributed by atoms with Crippen LogP contribution < -0.4 is 10.7 Å². The lowest BCUT2D eigenvalue weighted by Crippen LogP contribution is -2.49. The highest BCUT2D eigenvalue weighted by Crippen LogP contribution is 2.31. The van der Waals surface area contributed by atoms with Gasteiger partial charge in [-0.15, -0.1) is 0 Å². The number of furan rings is 1. The first kappa shape index (κ1) is 20.1. The van der Waals surface area contributed by atoms with E-state index in [1.807, 2.05) is 0 Å². The highest BCUT2D eigenvalue weighted by Gasteiger charge is 2.52. The van der Waals surface area contributed by atoms with Crippen molar-refractivity contribution in [1.82, 2.24) is 15.8 Å². The van der Waals surface area contributed by atoms with Gasteiger partial charge in [0.15, 0.2) is 6.61 Å². The van der Waals surface area contributed by atoms with Crippen molar-refractivity contribution >= 4 is 23.8 Å². The Labute approximate surface area is 167 Å². The first-order chi connectivity index (χ1) is 13.8. The third-order valence-corrected chi connectivity index (χ3v) is 4.72. The van der Waals surface area contributed by atoms with Gasteiger partial charge in [0.1, 0.15) is 22.6 Å². The Kier molecular flexibility index (Phi) is 5.40. The van der Waals surface area contributed by atoms with Crippen LogP contribution in [0.5, 0.6) is 0 Å². The number of hydrazine groups is 1. The maximum absolute atomic E-state index is 12.9. The third-order valence-electron chi connectivity index (χ3n) is 4.72. The fourth-order valence-electron chi connectivity index (χ4n) is 3.24. The number of nitrogens with one attached hydrogen (secondary N) is 2. The number of imide groups is 1. The fourth-order valence-corrected chi connectivity index (χ4v) is 3.24. The number of urea groups is 1. The van der Waals surface area contributed by atoms with Gasteiger partial charge in [0.2, 0.25) is 0 Å². The Morgan fingerprint density at radius 3 is 2.48 bits per heavy atom. The maximum Gasteiger partial charge on any atom is 0.344 e. The zero-order chi connectivity index (χ0) is 21.2. The third kappa shape index (κ3) is 3.71. The number of nitrogens with zero attached hydrogens (tertiary/aromatic N) is 1. The molecule has 0 bridgehead atoms. The van der Waals surface area contributed by atoms with Crippen LogP contribution in [-0.4, -0.2) is 35.4 Å². The van der Waals surface area contributed by atoms with Crippen molar-refractivity contribution < 1.29 is 28.3 Å². The van der Waals surface area contributed by atoms with E-state index in [4.69, 9.17) is 9.15 Å². The van der Waals surface area contributed by atoms with Gasteiger partial charge in [0.05, 0.1) is 0 Å². The minimum atomic E-state index is -1.27. The van der Waals surface area contributed by atoms with E-state index in [0.29, 0.717) is 28.5 Å². The molecule has 0 saturated carbocycles. The Balaban J connectivity index is 1.66. The molecule has 0 aliphatic carbocycles. The zero-order valence-electron chi connectivity index (χ0n) is 16.3. The van der Waals surface area contributed by atoms with Gasteiger partial charge in [-0.3, -0.25) is 15.0 Å². The maximum atomic E-state index is 12.9. The van der Waals surface area contributed by atoms with E-state index in [9.17, 15) is 19.2 Å². The minimum Gasteiger partial charge on any atom is -0.466 e. The normalized spacial score (nSPS) is 18.5. The van der Waals surface area contributed by atoms with Gasteiger partial charge in [-0.05, 0) is 31.9 Å². The number of amides is 4. The molecule has 29 heavy (non-hydrogen) atoms. The molecule has 0 spiro atoms. The number of carbonyl (C=O) groups excluding carboxylic acids is 4. The molecule has 1 aromatic heterocycles. The van der Waals surface area contributed by atoms with Crippen LogP contribution in [0.3, 0.4) is 0 Å². The Hall–Kier alpha value is -3.62. The number of hydrogen-bond acceptors (Lipinski definition) is 6. The van der Waals surface area contributed by atoms with E-state index in [1.165, 1.54) is 6.07 Å². The molecular formula is C20H21N3O6. The summed E-state index contributed by atoms with van der Waals surface area (Å²) in [4.78, 5) is 49.5. The predicted molar refractivity (Wildman–Crippen MR) is 100 cm³/mol. The first-order valence-electron chi connectivity index (χ1n) is 9.04. The van der Waals surface area contributed by atoms with Gasteiger partial charge in [0, 0.05) is 0 Å². The molecule has 152 valence electrons. The number of ether oxygens (including phenoxy) is 1. The van der Waals surface area contributed by atoms with Crippen LogP contribution in [-0.2, 0) is 19.9 Å². The summed E-state index contributed by atoms with van der Waals surface area (Å²) in [5, 5.41) is 3.25. The van der Waals surface area contributed by atoms with Crippen LogP contribution in [0, 0.1) is 13.8 Å². The smallest absolute Gasteiger partial charge is 0.344 e. The van der Waals surface area contributed by atoms with Crippen LogP contribution in [0.2, 0.25) is 0 Å². The number of benzene rings is 1. The summed E-state index contributed by atoms with van der Waals surface area (Å²) < 4.78 is 10.2. The summed E-state index contributed by atoms with van der Waals surface area (Å²) in [5.74, 6) is -1.26. The van der Waals surface area contributed by atoms with Crippen molar-refractivity contribution in [3.8, 4) is 0 Å². The molecule has 2 heterocycles. The van der Waals surface area contributed by atoms with Gasteiger partial charge in [0.25, 0.3) is 11.8 Å². The van der Waals surface area contributed by atoms with Gasteiger partial charge in [-0.1, -0.05) is 37.3 Å². The SMILES string of the molecule is CC[C@@]1(c2ccccc2)NC(=O)N(NC(=O)COC(=O)c2cc(C)oc2C)C1=O. The van der Waals surface area contributed by atoms with Gasteiger partial charge >= 0.3 is 12.0 Å². The average Bonchev–Trinajstić information content (AvgIpc) is 3.17. The van der Waals surface area contributed by atoms with Crippen LogP contribution in [0.4, 0.5) is 4.79 Å². The van der Waals surface area contributed by atoms with Crippen molar-refractivity contribution in [2.45, 2.75) is 32.7 Å². The summed E-state index contributed by atoms with van der Waals surface area (Å²) in [7, 11) is 0. The quantitative estimate of drug-likeness (QED) is 0.566. The van der Waals surface area contributed by atoms with Gasteiger partial charge in [-0.25, -0.2) is 9.59 Å². The topological polar surface area (TPSA) is 118 Å². The molecule has 1 fully saturated rings. The van der Waals surface area contributed by atoms with Crippen LogP contribution in [0.1, 0.15) is 40.8 Å². The van der Waals surface area contributed by atoms with E-state index in [2.05, 4.69) is 10.7 Å². The van der Waals surface area contributed by atoms with E-state index in [0.717, 1.165) is 0 Å². The average molecular weight is 399 g/mol. The molecule has 0 radical (unpaired) electrons. The summed E-state index contributed by atoms with van der Waals surface area (Å²) in [5.41, 5.74) is 1.74. The summed E-state index contributed by atoms with van der Waals surface area (Å²) in [6.45, 7) is 4.38. The number of hydrogen-bond donors (Lipinski definition) is 2. The molecule has 9 nitrogen and oxygen atoms in total. The lowest BCUT2D eigenvalue weighted by molar-refractivity contribution is -0.140. The van der Waals surface area contributed by atoms with E-state index < -0.39 is 36.0 Å². The molecule has 3 rings (SSSR count). The molecule has 1 aromatic carbocycles. The standard InChI is InChI=1S/C20H21N3O6/c1-4-20(14-8-6-5-7-9-14)18(26)23(19(27)21-20)22-16(24)11-28-17(25)15-10-12(2)29-13(15)3/h5-10H,4,11H2,1-3H3,(H,21,27)(H,22,24)/t20-/m0/s1. The van der Waals surface area contributed by atoms with E-state index in [1.54, 1.807) is 51.1 Å². The molecule has 1 aliphatic rings. The van der Waals surface area contributed by atoms with Crippen molar-refractivity contribution in [3.63, 3.8) is 0 Å². The number of rotatable bonds is 6. The van der Waals surface area contributed by atoms with E-state index in [-0.39, 0.29) is 5.56 Å². The Morgan fingerprint density at radius 2 is 1.90 bits per heavy atom. The van der Waals surface area contributed by atoms with Crippen molar-refractivity contribution in [3.05, 3.63) is 59.0 Å². The van der Waals surface area contributed by atoms with E-state index >= 15 is 0 Å². The van der Waals surface area contributed by atoms with Crippen LogP contribution in [0.15, 0.2) is 40.8 Å². The number of aryl methyl sites for hydroxylation is 2. The van der Waals surface area contributed by atoms with Crippen LogP contribution >= 0.6 is 0 Å². The zero-order valence-corrected chi connectivity index (χ0v) is 16.3. The molecule has 1 atom stereocenters. The second-order valence-corrected chi connectivity index (χ2v) is 6.63. The minimum absolute atomic E-state index is 0.208. The molecule has 0 unspecified atom stereocenters. The second-order valence-electron chi connectivity index (χ2n) is 6.63. The molecule has 2 N–H and O–H groups in total. The number of esters is 1. The fraction of sp³-hybridized carbons (Fsp3) is 0.300. The Bertz CT molecular complexity index is 968. The molecule has 2 aromatic rings. The summed E-state index contributed by atoms with van der Waals surface area (Å²) in [6.07, 6.45) is 0.294. The van der Waals surface area contributed by atoms with Crippen molar-refractivity contribution in [2.75, 3.05) is 6.61 Å². The molecule has 4 amide bonds. The second kappa shape index (κ2) is 7.78. The predicted octanol–water partition coefficient (Wildman–Crippen LogP) is 1.94. The molecule has 1 saturated heterocycles. The monoisotopic (exact) mass is 399 g/mol. The lowest BCUT2D eigenvalue weighted by atomic mass is 9.87. The highest BCUT2D eigenvalue weighted by molar-refractivity contribution is 6.08. The number of carbonyl (C=O) groups is 4. The first-order valence-corrected chi connectivity index (χ1v) is 9.04. The van der Waals surface area contributed by atoms with Crippen LogP contribution in [0.25, 0.3) is 0 Å². The summed E-state index contributed by atoms with van der Waals surface area (Å²) >= 11 is 0. The summed E-state index contributed by atoms with van der Waals surface area (Å²) in [6, 6.07) is 9.50. The molecule has 9 heteroatoms. The molecule has 1 aliphatic heterocycles. The molecular weight excluding hydrogens is 378 g/mol. The lowest BCUT2D eigenvalue weighted by Gasteiger charge is -2.25. The van der Waals surface area contributed by atoms with Gasteiger partial charge < -0.3 is 14.5 Å². The largest absolute Gasteiger partial charge is 0.466 e.